The quantitative estimate of drug-likeness (QED) is 0.461. The number of hydrogen-bond donors (Lipinski definition) is 0. The minimum atomic E-state index is -3.61. The Morgan fingerprint density at radius 2 is 1.78 bits per heavy atom. The van der Waals surface area contributed by atoms with E-state index < -0.39 is 15.3 Å². The van der Waals surface area contributed by atoms with Crippen molar-refractivity contribution < 1.29 is 12.8 Å². The summed E-state index contributed by atoms with van der Waals surface area (Å²) in [5, 5.41) is 7.28. The molecule has 2 aromatic carbocycles. The summed E-state index contributed by atoms with van der Waals surface area (Å²) in [5.41, 5.74) is 2.06. The molecule has 9 heteroatoms. The van der Waals surface area contributed by atoms with Crippen LogP contribution in [0.2, 0.25) is 0 Å². The van der Waals surface area contributed by atoms with Crippen LogP contribution in [-0.2, 0) is 16.6 Å². The Hall–Kier alpha value is -2.78. The first-order valence-corrected chi connectivity index (χ1v) is 14.3. The Bertz CT molecular complexity index is 1270. The molecule has 192 valence electrons. The van der Waals surface area contributed by atoms with Crippen molar-refractivity contribution in [1.82, 2.24) is 19.1 Å². The molecule has 0 amide bonds. The molecule has 3 aromatic rings. The zero-order valence-corrected chi connectivity index (χ0v) is 21.7. The maximum Gasteiger partial charge on any atom is 0.221 e. The van der Waals surface area contributed by atoms with Crippen LogP contribution >= 0.6 is 0 Å². The molecule has 5 rings (SSSR count). The van der Waals surface area contributed by atoms with Gasteiger partial charge in [0.2, 0.25) is 10.0 Å². The number of halogens is 1. The van der Waals surface area contributed by atoms with Crippen molar-refractivity contribution in [3.8, 4) is 0 Å². The van der Waals surface area contributed by atoms with Crippen LogP contribution in [0, 0.1) is 5.82 Å². The van der Waals surface area contributed by atoms with Crippen LogP contribution in [0.1, 0.15) is 68.4 Å². The summed E-state index contributed by atoms with van der Waals surface area (Å²) >= 11 is 0. The van der Waals surface area contributed by atoms with Crippen molar-refractivity contribution in [2.24, 2.45) is 0 Å². The van der Waals surface area contributed by atoms with E-state index in [-0.39, 0.29) is 24.4 Å². The fourth-order valence-corrected chi connectivity index (χ4v) is 7.98. The predicted octanol–water partition coefficient (Wildman–Crippen LogP) is 5.09. The highest BCUT2D eigenvalue weighted by molar-refractivity contribution is 7.89. The van der Waals surface area contributed by atoms with Crippen molar-refractivity contribution in [1.29, 1.82) is 0 Å². The lowest BCUT2D eigenvalue weighted by molar-refractivity contribution is 0.279. The molecule has 0 aliphatic carbocycles. The van der Waals surface area contributed by atoms with Crippen molar-refractivity contribution >= 4 is 15.7 Å². The van der Waals surface area contributed by atoms with Gasteiger partial charge in [-0.1, -0.05) is 43.3 Å². The van der Waals surface area contributed by atoms with Crippen molar-refractivity contribution in [2.45, 2.75) is 75.9 Å². The Morgan fingerprint density at radius 3 is 2.47 bits per heavy atom. The molecular weight excluding hydrogens is 477 g/mol. The number of benzene rings is 2. The molecule has 0 radical (unpaired) electrons. The summed E-state index contributed by atoms with van der Waals surface area (Å²) in [7, 11) is -3.61. The number of nitrogens with zero attached hydrogens (tertiary/aromatic N) is 5. The second-order valence-corrected chi connectivity index (χ2v) is 12.1. The Labute approximate surface area is 213 Å². The van der Waals surface area contributed by atoms with Gasteiger partial charge in [0.1, 0.15) is 23.7 Å². The molecule has 2 aliphatic rings. The highest BCUT2D eigenvalue weighted by atomic mass is 32.2. The van der Waals surface area contributed by atoms with Crippen LogP contribution in [-0.4, -0.2) is 46.1 Å². The van der Waals surface area contributed by atoms with Gasteiger partial charge in [0, 0.05) is 42.5 Å². The first-order valence-electron chi connectivity index (χ1n) is 12.8. The van der Waals surface area contributed by atoms with Gasteiger partial charge in [-0.2, -0.15) is 4.31 Å². The summed E-state index contributed by atoms with van der Waals surface area (Å²) in [6.07, 6.45) is 7.68. The van der Waals surface area contributed by atoms with Crippen LogP contribution in [0.15, 0.2) is 61.2 Å². The van der Waals surface area contributed by atoms with E-state index in [1.54, 1.807) is 24.8 Å². The molecule has 1 aromatic heterocycles. The molecule has 0 bridgehead atoms. The normalized spacial score (nSPS) is 26.7. The fraction of sp³-hybridized carbons (Fsp3) is 0.481. The molecule has 2 fully saturated rings. The van der Waals surface area contributed by atoms with Gasteiger partial charge < -0.3 is 9.47 Å². The maximum absolute atomic E-state index is 15.4. The number of anilines is 1. The third-order valence-corrected chi connectivity index (χ3v) is 10.3. The number of aromatic nitrogens is 3. The summed E-state index contributed by atoms with van der Waals surface area (Å²) in [6.45, 7) is 4.93. The molecule has 7 nitrogen and oxygen atoms in total. The average Bonchev–Trinajstić information content (AvgIpc) is 3.42. The summed E-state index contributed by atoms with van der Waals surface area (Å²) in [5.74, 6) is -0.354. The van der Waals surface area contributed by atoms with E-state index in [2.05, 4.69) is 26.6 Å². The van der Waals surface area contributed by atoms with E-state index in [1.165, 1.54) is 4.31 Å². The molecule has 0 spiro atoms. The van der Waals surface area contributed by atoms with Gasteiger partial charge in [-0.15, -0.1) is 10.2 Å². The van der Waals surface area contributed by atoms with Crippen molar-refractivity contribution in [3.05, 3.63) is 78.1 Å². The minimum absolute atomic E-state index is 0.0475. The van der Waals surface area contributed by atoms with E-state index in [9.17, 15) is 8.42 Å². The monoisotopic (exact) mass is 511 g/mol. The van der Waals surface area contributed by atoms with E-state index in [0.29, 0.717) is 18.0 Å². The van der Waals surface area contributed by atoms with Gasteiger partial charge in [-0.05, 0) is 56.7 Å². The lowest BCUT2D eigenvalue weighted by Crippen LogP contribution is -2.45. The summed E-state index contributed by atoms with van der Waals surface area (Å²) < 4.78 is 46.1. The van der Waals surface area contributed by atoms with Crippen molar-refractivity contribution in [2.75, 3.05) is 11.4 Å². The Morgan fingerprint density at radius 1 is 1.03 bits per heavy atom. The maximum atomic E-state index is 15.4. The van der Waals surface area contributed by atoms with Crippen LogP contribution in [0.5, 0.6) is 0 Å². The van der Waals surface area contributed by atoms with Crippen LogP contribution in [0.3, 0.4) is 0 Å². The second kappa shape index (κ2) is 10.3. The lowest BCUT2D eigenvalue weighted by atomic mass is 9.94. The highest BCUT2D eigenvalue weighted by Crippen LogP contribution is 2.39. The van der Waals surface area contributed by atoms with Gasteiger partial charge in [0.15, 0.2) is 0 Å². The smallest absolute Gasteiger partial charge is 0.221 e. The average molecular weight is 512 g/mol. The van der Waals surface area contributed by atoms with Gasteiger partial charge >= 0.3 is 0 Å². The van der Waals surface area contributed by atoms with E-state index in [1.807, 2.05) is 43.3 Å². The third kappa shape index (κ3) is 4.78. The first-order chi connectivity index (χ1) is 17.4. The molecule has 36 heavy (non-hydrogen) atoms. The molecule has 2 saturated heterocycles. The summed E-state index contributed by atoms with van der Waals surface area (Å²) in [6, 6.07) is 15.1. The van der Waals surface area contributed by atoms with Gasteiger partial charge in [0.25, 0.3) is 0 Å². The zero-order valence-electron chi connectivity index (χ0n) is 20.9. The molecule has 2 aliphatic heterocycles. The fourth-order valence-electron chi connectivity index (χ4n) is 5.79. The predicted molar refractivity (Wildman–Crippen MR) is 138 cm³/mol. The van der Waals surface area contributed by atoms with E-state index in [0.717, 1.165) is 43.5 Å². The first kappa shape index (κ1) is 24.9. The van der Waals surface area contributed by atoms with Crippen LogP contribution in [0.25, 0.3) is 0 Å². The van der Waals surface area contributed by atoms with Gasteiger partial charge in [-0.3, -0.25) is 0 Å². The second-order valence-electron chi connectivity index (χ2n) is 10.0. The zero-order chi connectivity index (χ0) is 25.3. The number of rotatable bonds is 6. The SMILES string of the molecule is CC[C@H]1C[C@H](n2cnnc2)CCN1c1ccc(CN2[C@@H](C)CC[C@H](c3ccccc3)S2(=O)=O)c(F)c1. The van der Waals surface area contributed by atoms with Gasteiger partial charge in [-0.25, -0.2) is 12.8 Å². The Kier molecular flexibility index (Phi) is 7.12. The van der Waals surface area contributed by atoms with Crippen LogP contribution < -0.4 is 4.90 Å². The number of sulfonamides is 1. The Balaban J connectivity index is 1.34. The number of hydrogen-bond acceptors (Lipinski definition) is 5. The van der Waals surface area contributed by atoms with E-state index >= 15 is 4.39 Å². The van der Waals surface area contributed by atoms with Crippen LogP contribution in [0.4, 0.5) is 10.1 Å². The molecule has 4 atom stereocenters. The topological polar surface area (TPSA) is 71.3 Å². The molecule has 3 heterocycles. The lowest BCUT2D eigenvalue weighted by Gasteiger charge is -2.41. The standard InChI is InChI=1S/C27H34FN5O2S/c1-3-23-15-24(31-18-29-30-19-31)13-14-32(23)25-11-10-22(26(28)16-25)17-33-20(2)9-12-27(36(33,34)35)21-7-5-4-6-8-21/h4-8,10-11,16,18-20,23-24,27H,3,9,12-15,17H2,1-2H3/t20-,23-,24+,27+/m0/s1. The molecule has 0 saturated carbocycles. The molecular formula is C27H34FN5O2S. The summed E-state index contributed by atoms with van der Waals surface area (Å²) in [4.78, 5) is 2.28. The highest BCUT2D eigenvalue weighted by Gasteiger charge is 2.40. The van der Waals surface area contributed by atoms with E-state index in [4.69, 9.17) is 0 Å². The van der Waals surface area contributed by atoms with Gasteiger partial charge in [0.05, 0.1) is 0 Å². The molecule has 0 unspecified atom stereocenters. The van der Waals surface area contributed by atoms with Crippen molar-refractivity contribution in [3.63, 3.8) is 0 Å². The molecule has 0 N–H and O–H groups in total. The number of piperidine rings is 1. The third-order valence-electron chi connectivity index (χ3n) is 7.91. The minimum Gasteiger partial charge on any atom is -0.368 e. The largest absolute Gasteiger partial charge is 0.368 e.